The molecule has 0 amide bonds. The Bertz CT molecular complexity index is 871. The van der Waals surface area contributed by atoms with Gasteiger partial charge in [0, 0.05) is 30.4 Å². The fraction of sp³-hybridized carbons (Fsp3) is 0.200. The lowest BCUT2D eigenvalue weighted by molar-refractivity contribution is 0.0918. The lowest BCUT2D eigenvalue weighted by Gasteiger charge is -2.13. The number of hydrogen-bond donors (Lipinski definition) is 0. The number of rotatable bonds is 6. The second kappa shape index (κ2) is 7.53. The molecule has 2 aromatic carbocycles. The van der Waals surface area contributed by atoms with Crippen LogP contribution in [0.3, 0.4) is 0 Å². The van der Waals surface area contributed by atoms with Gasteiger partial charge in [-0.25, -0.2) is 4.98 Å². The number of carbonyl (C=O) groups excluding carboxylic acids is 1. The van der Waals surface area contributed by atoms with Crippen molar-refractivity contribution in [2.45, 2.75) is 20.4 Å². The highest BCUT2D eigenvalue weighted by atomic mass is 35.5. The van der Waals surface area contributed by atoms with Gasteiger partial charge in [-0.05, 0) is 43.3 Å². The molecule has 1 unspecified atom stereocenters. The molecule has 0 aliphatic carbocycles. The number of hydrogen-bond acceptors (Lipinski definition) is 3. The van der Waals surface area contributed by atoms with Crippen LogP contribution in [0, 0.1) is 12.8 Å². The summed E-state index contributed by atoms with van der Waals surface area (Å²) in [5.41, 5.74) is 0.664. The van der Waals surface area contributed by atoms with E-state index in [1.807, 2.05) is 36.7 Å². The molecular formula is C20H19ClN2O2. The van der Waals surface area contributed by atoms with E-state index in [0.717, 1.165) is 5.82 Å². The second-order valence-corrected chi connectivity index (χ2v) is 6.36. The van der Waals surface area contributed by atoms with Crippen LogP contribution in [-0.4, -0.2) is 15.3 Å². The van der Waals surface area contributed by atoms with Gasteiger partial charge in [0.05, 0.1) is 5.02 Å². The maximum absolute atomic E-state index is 12.6. The Morgan fingerprint density at radius 3 is 2.56 bits per heavy atom. The first-order valence-corrected chi connectivity index (χ1v) is 8.47. The number of para-hydroxylation sites is 1. The van der Waals surface area contributed by atoms with Crippen LogP contribution in [0.1, 0.15) is 23.1 Å². The Hall–Kier alpha value is -2.59. The van der Waals surface area contributed by atoms with Crippen LogP contribution < -0.4 is 4.74 Å². The highest BCUT2D eigenvalue weighted by Crippen LogP contribution is 2.29. The fourth-order valence-electron chi connectivity index (χ4n) is 2.60. The van der Waals surface area contributed by atoms with Gasteiger partial charge in [0.2, 0.25) is 0 Å². The molecule has 4 nitrogen and oxygen atoms in total. The van der Waals surface area contributed by atoms with Crippen LogP contribution in [0.25, 0.3) is 0 Å². The van der Waals surface area contributed by atoms with E-state index in [1.54, 1.807) is 42.6 Å². The van der Waals surface area contributed by atoms with E-state index in [0.29, 0.717) is 28.6 Å². The van der Waals surface area contributed by atoms with Crippen molar-refractivity contribution in [3.63, 3.8) is 0 Å². The second-order valence-electron chi connectivity index (χ2n) is 5.95. The third-order valence-electron chi connectivity index (χ3n) is 4.05. The van der Waals surface area contributed by atoms with Gasteiger partial charge in [0.15, 0.2) is 5.78 Å². The zero-order chi connectivity index (χ0) is 17.8. The van der Waals surface area contributed by atoms with Crippen molar-refractivity contribution in [3.8, 4) is 11.5 Å². The normalized spacial score (nSPS) is 12.0. The Morgan fingerprint density at radius 2 is 1.92 bits per heavy atom. The summed E-state index contributed by atoms with van der Waals surface area (Å²) in [7, 11) is 0. The maximum atomic E-state index is 12.6. The van der Waals surface area contributed by atoms with Gasteiger partial charge in [-0.1, -0.05) is 30.7 Å². The van der Waals surface area contributed by atoms with Gasteiger partial charge in [-0.2, -0.15) is 0 Å². The number of benzene rings is 2. The summed E-state index contributed by atoms with van der Waals surface area (Å²) < 4.78 is 7.73. The molecule has 1 atom stereocenters. The summed E-state index contributed by atoms with van der Waals surface area (Å²) in [5.74, 6) is 2.10. The lowest BCUT2D eigenvalue weighted by Crippen LogP contribution is -2.18. The lowest BCUT2D eigenvalue weighted by atomic mass is 9.99. The largest absolute Gasteiger partial charge is 0.456 e. The number of Topliss-reactive ketones (excluding diaryl/α,β-unsaturated/α-hetero) is 1. The van der Waals surface area contributed by atoms with Crippen LogP contribution in [0.2, 0.25) is 5.02 Å². The topological polar surface area (TPSA) is 44.1 Å². The maximum Gasteiger partial charge on any atom is 0.167 e. The van der Waals surface area contributed by atoms with E-state index in [9.17, 15) is 4.79 Å². The molecule has 3 aromatic rings. The minimum atomic E-state index is -0.136. The SMILES string of the molecule is Cc1nccn1CC(C)C(=O)c1ccc(Oc2ccccc2Cl)cc1. The quantitative estimate of drug-likeness (QED) is 0.574. The number of nitrogens with zero attached hydrogens (tertiary/aromatic N) is 2. The number of halogens is 1. The molecule has 0 radical (unpaired) electrons. The third kappa shape index (κ3) is 4.09. The van der Waals surface area contributed by atoms with Crippen molar-refractivity contribution >= 4 is 17.4 Å². The molecule has 3 rings (SSSR count). The summed E-state index contributed by atoms with van der Waals surface area (Å²) in [4.78, 5) is 16.8. The summed E-state index contributed by atoms with van der Waals surface area (Å²) in [6, 6.07) is 14.4. The molecule has 0 fully saturated rings. The molecule has 0 spiro atoms. The molecule has 0 saturated heterocycles. The number of ether oxygens (including phenoxy) is 1. The van der Waals surface area contributed by atoms with E-state index < -0.39 is 0 Å². The molecule has 1 heterocycles. The monoisotopic (exact) mass is 354 g/mol. The highest BCUT2D eigenvalue weighted by molar-refractivity contribution is 6.32. The molecule has 25 heavy (non-hydrogen) atoms. The van der Waals surface area contributed by atoms with Crippen LogP contribution in [-0.2, 0) is 6.54 Å². The molecule has 0 N–H and O–H groups in total. The molecule has 0 bridgehead atoms. The van der Waals surface area contributed by atoms with Crippen molar-refractivity contribution in [3.05, 3.63) is 77.3 Å². The molecule has 128 valence electrons. The Morgan fingerprint density at radius 1 is 1.20 bits per heavy atom. The molecule has 0 aliphatic heterocycles. The van der Waals surface area contributed by atoms with E-state index in [1.165, 1.54) is 0 Å². The number of aryl methyl sites for hydroxylation is 1. The summed E-state index contributed by atoms with van der Waals surface area (Å²) in [6.45, 7) is 4.47. The standard InChI is InChI=1S/C20H19ClN2O2/c1-14(13-23-12-11-22-15(23)2)20(24)16-7-9-17(10-8-16)25-19-6-4-3-5-18(19)21/h3-12,14H,13H2,1-2H3. The van der Waals surface area contributed by atoms with E-state index in [2.05, 4.69) is 4.98 Å². The first-order chi connectivity index (χ1) is 12.0. The predicted molar refractivity (Wildman–Crippen MR) is 98.4 cm³/mol. The van der Waals surface area contributed by atoms with Crippen molar-refractivity contribution < 1.29 is 9.53 Å². The highest BCUT2D eigenvalue weighted by Gasteiger charge is 2.16. The molecular weight excluding hydrogens is 336 g/mol. The van der Waals surface area contributed by atoms with Crippen molar-refractivity contribution in [1.82, 2.24) is 9.55 Å². The third-order valence-corrected chi connectivity index (χ3v) is 4.36. The minimum absolute atomic E-state index is 0.0948. The summed E-state index contributed by atoms with van der Waals surface area (Å²) in [5, 5.41) is 0.548. The first kappa shape index (κ1) is 17.2. The first-order valence-electron chi connectivity index (χ1n) is 8.09. The zero-order valence-electron chi connectivity index (χ0n) is 14.1. The molecule has 1 aromatic heterocycles. The van der Waals surface area contributed by atoms with E-state index >= 15 is 0 Å². The minimum Gasteiger partial charge on any atom is -0.456 e. The number of ketones is 1. The molecule has 5 heteroatoms. The van der Waals surface area contributed by atoms with Gasteiger partial charge in [-0.3, -0.25) is 4.79 Å². The van der Waals surface area contributed by atoms with Gasteiger partial charge in [-0.15, -0.1) is 0 Å². The Labute approximate surface area is 152 Å². The Kier molecular flexibility index (Phi) is 5.19. The average Bonchev–Trinajstić information content (AvgIpc) is 3.02. The summed E-state index contributed by atoms with van der Waals surface area (Å²) in [6.07, 6.45) is 3.63. The molecule has 0 saturated carbocycles. The summed E-state index contributed by atoms with van der Waals surface area (Å²) >= 11 is 6.09. The number of aromatic nitrogens is 2. The van der Waals surface area contributed by atoms with Gasteiger partial charge < -0.3 is 9.30 Å². The van der Waals surface area contributed by atoms with Gasteiger partial charge >= 0.3 is 0 Å². The smallest absolute Gasteiger partial charge is 0.167 e. The van der Waals surface area contributed by atoms with E-state index in [-0.39, 0.29) is 11.7 Å². The Balaban J connectivity index is 1.68. The van der Waals surface area contributed by atoms with Crippen molar-refractivity contribution in [1.29, 1.82) is 0 Å². The van der Waals surface area contributed by atoms with Crippen molar-refractivity contribution in [2.75, 3.05) is 0 Å². The van der Waals surface area contributed by atoms with Crippen LogP contribution in [0.15, 0.2) is 60.9 Å². The van der Waals surface area contributed by atoms with E-state index in [4.69, 9.17) is 16.3 Å². The zero-order valence-corrected chi connectivity index (χ0v) is 14.9. The fourth-order valence-corrected chi connectivity index (χ4v) is 2.78. The van der Waals surface area contributed by atoms with Crippen LogP contribution in [0.4, 0.5) is 0 Å². The van der Waals surface area contributed by atoms with Gasteiger partial charge in [0.1, 0.15) is 17.3 Å². The van der Waals surface area contributed by atoms with Crippen LogP contribution in [0.5, 0.6) is 11.5 Å². The predicted octanol–water partition coefficient (Wildman–Crippen LogP) is 5.16. The number of carbonyl (C=O) groups is 1. The van der Waals surface area contributed by atoms with Gasteiger partial charge in [0.25, 0.3) is 0 Å². The van der Waals surface area contributed by atoms with Crippen molar-refractivity contribution in [2.24, 2.45) is 5.92 Å². The molecule has 0 aliphatic rings. The number of imidazole rings is 1. The van der Waals surface area contributed by atoms with Crippen LogP contribution >= 0.6 is 11.6 Å². The average molecular weight is 355 g/mol.